The molecule has 0 saturated heterocycles. The molecule has 0 atom stereocenters. The van der Waals surface area contributed by atoms with Gasteiger partial charge in [-0.05, 0) is 29.8 Å². The summed E-state index contributed by atoms with van der Waals surface area (Å²) in [5.74, 6) is -0.0379. The molecule has 0 aliphatic rings. The molecule has 5 heteroatoms. The monoisotopic (exact) mass is 291 g/mol. The number of hydrogen-bond acceptors (Lipinski definition) is 4. The Labute approximate surface area is 119 Å². The quantitative estimate of drug-likeness (QED) is 0.654. The maximum absolute atomic E-state index is 12.0. The van der Waals surface area contributed by atoms with Crippen LogP contribution in [-0.4, -0.2) is 20.8 Å². The summed E-state index contributed by atoms with van der Waals surface area (Å²) < 4.78 is 29.5. The van der Waals surface area contributed by atoms with Gasteiger partial charge in [0.1, 0.15) is 0 Å². The van der Waals surface area contributed by atoms with E-state index in [1.54, 1.807) is 12.1 Å². The molecule has 0 radical (unpaired) electrons. The Kier molecular flexibility index (Phi) is 4.76. The van der Waals surface area contributed by atoms with Crippen molar-refractivity contribution in [3.8, 4) is 0 Å². The van der Waals surface area contributed by atoms with Crippen molar-refractivity contribution >= 4 is 15.5 Å². The lowest BCUT2D eigenvalue weighted by molar-refractivity contribution is 0.135. The molecule has 0 heterocycles. The van der Waals surface area contributed by atoms with E-state index in [-0.39, 0.29) is 17.3 Å². The van der Waals surface area contributed by atoms with Gasteiger partial charge in [0.2, 0.25) is 0 Å². The molecule has 2 aromatic carbocycles. The van der Waals surface area contributed by atoms with Crippen LogP contribution in [0.5, 0.6) is 0 Å². The first-order valence-corrected chi connectivity index (χ1v) is 7.93. The number of nitrogens with two attached hydrogens (primary N) is 1. The number of hydrogen-bond donors (Lipinski definition) is 1. The summed E-state index contributed by atoms with van der Waals surface area (Å²) in [4.78, 5) is 0.273. The predicted octanol–water partition coefficient (Wildman–Crippen LogP) is 2.26. The average molecular weight is 291 g/mol. The molecule has 0 aromatic heterocycles. The van der Waals surface area contributed by atoms with Crippen LogP contribution in [0.4, 0.5) is 5.69 Å². The summed E-state index contributed by atoms with van der Waals surface area (Å²) in [5, 5.41) is 0. The van der Waals surface area contributed by atoms with Crippen LogP contribution >= 0.6 is 0 Å². The molecule has 2 N–H and O–H groups in total. The zero-order valence-electron chi connectivity index (χ0n) is 11.0. The van der Waals surface area contributed by atoms with Crippen LogP contribution in [0, 0.1) is 0 Å². The summed E-state index contributed by atoms with van der Waals surface area (Å²) in [5.41, 5.74) is 7.11. The van der Waals surface area contributed by atoms with Gasteiger partial charge in [0, 0.05) is 5.69 Å². The standard InChI is InChI=1S/C15H17NO3S/c16-14-6-8-15(9-7-14)20(17,18)11-10-19-12-13-4-2-1-3-5-13/h1-9H,10-12,16H2. The normalized spacial score (nSPS) is 11.4. The third-order valence-corrected chi connectivity index (χ3v) is 4.54. The fraction of sp³-hybridized carbons (Fsp3) is 0.200. The molecule has 0 spiro atoms. The van der Waals surface area contributed by atoms with E-state index in [9.17, 15) is 8.42 Å². The molecule has 0 unspecified atom stereocenters. The van der Waals surface area contributed by atoms with E-state index in [0.717, 1.165) is 5.56 Å². The van der Waals surface area contributed by atoms with Gasteiger partial charge >= 0.3 is 0 Å². The highest BCUT2D eigenvalue weighted by atomic mass is 32.2. The maximum atomic E-state index is 12.0. The Balaban J connectivity index is 1.85. The highest BCUT2D eigenvalue weighted by molar-refractivity contribution is 7.91. The minimum absolute atomic E-state index is 0.0379. The van der Waals surface area contributed by atoms with Crippen molar-refractivity contribution in [2.45, 2.75) is 11.5 Å². The molecule has 2 rings (SSSR count). The van der Waals surface area contributed by atoms with Crippen LogP contribution in [0.1, 0.15) is 5.56 Å². The first kappa shape index (κ1) is 14.6. The van der Waals surface area contributed by atoms with E-state index in [4.69, 9.17) is 10.5 Å². The van der Waals surface area contributed by atoms with Crippen LogP contribution < -0.4 is 5.73 Å². The number of rotatable bonds is 6. The largest absolute Gasteiger partial charge is 0.399 e. The minimum Gasteiger partial charge on any atom is -0.399 e. The van der Waals surface area contributed by atoms with E-state index < -0.39 is 9.84 Å². The Morgan fingerprint density at radius 3 is 2.25 bits per heavy atom. The first-order valence-electron chi connectivity index (χ1n) is 6.28. The molecule has 0 aliphatic heterocycles. The van der Waals surface area contributed by atoms with Crippen molar-refractivity contribution < 1.29 is 13.2 Å². The molecule has 0 bridgehead atoms. The van der Waals surface area contributed by atoms with Gasteiger partial charge in [-0.15, -0.1) is 0 Å². The van der Waals surface area contributed by atoms with E-state index in [1.165, 1.54) is 12.1 Å². The second kappa shape index (κ2) is 6.54. The number of benzene rings is 2. The first-order chi connectivity index (χ1) is 9.58. The van der Waals surface area contributed by atoms with Crippen LogP contribution in [0.25, 0.3) is 0 Å². The SMILES string of the molecule is Nc1ccc(S(=O)(=O)CCOCc2ccccc2)cc1. The minimum atomic E-state index is -3.31. The fourth-order valence-electron chi connectivity index (χ4n) is 1.73. The Bertz CT molecular complexity index is 637. The van der Waals surface area contributed by atoms with E-state index >= 15 is 0 Å². The molecule has 0 fully saturated rings. The van der Waals surface area contributed by atoms with Gasteiger partial charge in [0.15, 0.2) is 9.84 Å². The van der Waals surface area contributed by atoms with Crippen molar-refractivity contribution in [3.05, 3.63) is 60.2 Å². The average Bonchev–Trinajstić information content (AvgIpc) is 2.45. The number of sulfone groups is 1. The van der Waals surface area contributed by atoms with Crippen LogP contribution in [0.2, 0.25) is 0 Å². The highest BCUT2D eigenvalue weighted by Gasteiger charge is 2.13. The fourth-order valence-corrected chi connectivity index (χ4v) is 2.85. The highest BCUT2D eigenvalue weighted by Crippen LogP contribution is 2.13. The smallest absolute Gasteiger partial charge is 0.180 e. The lowest BCUT2D eigenvalue weighted by Gasteiger charge is -2.06. The summed E-state index contributed by atoms with van der Waals surface area (Å²) in [7, 11) is -3.31. The molecule has 0 amide bonds. The van der Waals surface area contributed by atoms with E-state index in [1.807, 2.05) is 30.3 Å². The van der Waals surface area contributed by atoms with Gasteiger partial charge in [0.25, 0.3) is 0 Å². The zero-order valence-corrected chi connectivity index (χ0v) is 11.8. The Hall–Kier alpha value is -1.85. The predicted molar refractivity (Wildman–Crippen MR) is 79.0 cm³/mol. The second-order valence-electron chi connectivity index (χ2n) is 4.43. The Morgan fingerprint density at radius 1 is 0.950 bits per heavy atom. The van der Waals surface area contributed by atoms with Crippen molar-refractivity contribution in [1.29, 1.82) is 0 Å². The molecule has 0 saturated carbocycles. The van der Waals surface area contributed by atoms with Crippen LogP contribution in [0.3, 0.4) is 0 Å². The van der Waals surface area contributed by atoms with Crippen molar-refractivity contribution in [3.63, 3.8) is 0 Å². The van der Waals surface area contributed by atoms with Crippen LogP contribution in [-0.2, 0) is 21.2 Å². The zero-order chi connectivity index (χ0) is 14.4. The molecular weight excluding hydrogens is 274 g/mol. The third-order valence-electron chi connectivity index (χ3n) is 2.85. The maximum Gasteiger partial charge on any atom is 0.180 e. The molecule has 0 aliphatic carbocycles. The number of ether oxygens (including phenoxy) is 1. The third kappa shape index (κ3) is 4.08. The molecular formula is C15H17NO3S. The summed E-state index contributed by atoms with van der Waals surface area (Å²) >= 11 is 0. The van der Waals surface area contributed by atoms with Gasteiger partial charge in [-0.1, -0.05) is 30.3 Å². The van der Waals surface area contributed by atoms with E-state index in [0.29, 0.717) is 12.3 Å². The van der Waals surface area contributed by atoms with Gasteiger partial charge < -0.3 is 10.5 Å². The van der Waals surface area contributed by atoms with Crippen molar-refractivity contribution in [1.82, 2.24) is 0 Å². The lowest BCUT2D eigenvalue weighted by Crippen LogP contribution is -2.12. The van der Waals surface area contributed by atoms with Crippen molar-refractivity contribution in [2.24, 2.45) is 0 Å². The summed E-state index contributed by atoms with van der Waals surface area (Å²) in [6, 6.07) is 15.8. The number of anilines is 1. The van der Waals surface area contributed by atoms with E-state index in [2.05, 4.69) is 0 Å². The summed E-state index contributed by atoms with van der Waals surface area (Å²) in [6.45, 7) is 0.583. The van der Waals surface area contributed by atoms with Crippen molar-refractivity contribution in [2.75, 3.05) is 18.1 Å². The topological polar surface area (TPSA) is 69.4 Å². The van der Waals surface area contributed by atoms with Gasteiger partial charge in [0.05, 0.1) is 23.9 Å². The van der Waals surface area contributed by atoms with Crippen LogP contribution in [0.15, 0.2) is 59.5 Å². The molecule has 4 nitrogen and oxygen atoms in total. The van der Waals surface area contributed by atoms with Gasteiger partial charge in [-0.3, -0.25) is 0 Å². The summed E-state index contributed by atoms with van der Waals surface area (Å²) in [6.07, 6.45) is 0. The van der Waals surface area contributed by atoms with Gasteiger partial charge in [-0.2, -0.15) is 0 Å². The lowest BCUT2D eigenvalue weighted by atomic mass is 10.2. The Morgan fingerprint density at radius 2 is 1.60 bits per heavy atom. The molecule has 2 aromatic rings. The number of nitrogen functional groups attached to an aromatic ring is 1. The second-order valence-corrected chi connectivity index (χ2v) is 6.54. The molecule has 106 valence electrons. The molecule has 20 heavy (non-hydrogen) atoms. The van der Waals surface area contributed by atoms with Gasteiger partial charge in [-0.25, -0.2) is 8.42 Å².